The van der Waals surface area contributed by atoms with Gasteiger partial charge in [-0.2, -0.15) is 12.7 Å². The third-order valence-electron chi connectivity index (χ3n) is 5.10. The molecule has 1 amide bonds. The zero-order valence-electron chi connectivity index (χ0n) is 19.6. The van der Waals surface area contributed by atoms with E-state index in [0.29, 0.717) is 22.8 Å². The summed E-state index contributed by atoms with van der Waals surface area (Å²) in [6.45, 7) is 4.81. The van der Waals surface area contributed by atoms with Crippen LogP contribution in [0, 0.1) is 5.82 Å². The molecular formula is C20H20BrFN6O7S2. The van der Waals surface area contributed by atoms with E-state index in [0.717, 1.165) is 11.8 Å². The fourth-order valence-electron chi connectivity index (χ4n) is 3.38. The van der Waals surface area contributed by atoms with Crippen molar-refractivity contribution in [2.75, 3.05) is 10.7 Å². The standard InChI is InChI=1S/C20H20BrFN6O7S2/c1-19(2,3)33-18(30)28(37(23,31)32)20(6-7-20)10-36-17-15(24-35-26-17)16-25-34-14(9-29)27(16)11-4-5-13(22)12(21)8-11/h4-5,8H,6-7,10H2,1-3H3,(H2,23,31,32). The van der Waals surface area contributed by atoms with E-state index in [1.807, 2.05) is 0 Å². The highest BCUT2D eigenvalue weighted by Gasteiger charge is 2.56. The Bertz CT molecular complexity index is 1430. The molecule has 1 aromatic heterocycles. The number of benzene rings is 1. The van der Waals surface area contributed by atoms with Crippen molar-refractivity contribution in [2.45, 2.75) is 49.8 Å². The molecule has 1 aliphatic heterocycles. The highest BCUT2D eigenvalue weighted by atomic mass is 79.9. The molecule has 0 bridgehead atoms. The number of oxime groups is 1. The minimum atomic E-state index is -4.46. The molecule has 13 nitrogen and oxygen atoms in total. The zero-order valence-corrected chi connectivity index (χ0v) is 22.8. The molecule has 1 fully saturated rings. The van der Waals surface area contributed by atoms with Crippen molar-refractivity contribution >= 4 is 61.5 Å². The Balaban J connectivity index is 1.60. The maximum Gasteiger partial charge on any atom is 0.425 e. The number of thioether (sulfide) groups is 1. The highest BCUT2D eigenvalue weighted by molar-refractivity contribution is 9.10. The molecule has 0 atom stereocenters. The first kappa shape index (κ1) is 27.1. The Morgan fingerprint density at radius 3 is 2.65 bits per heavy atom. The second kappa shape index (κ2) is 9.72. The van der Waals surface area contributed by atoms with Crippen molar-refractivity contribution in [3.8, 4) is 0 Å². The van der Waals surface area contributed by atoms with Crippen LogP contribution in [-0.2, 0) is 24.6 Å². The number of amides is 1. The predicted octanol–water partition coefficient (Wildman–Crippen LogP) is 2.91. The van der Waals surface area contributed by atoms with Gasteiger partial charge in [0.05, 0.1) is 15.7 Å². The van der Waals surface area contributed by atoms with Crippen molar-refractivity contribution in [3.05, 3.63) is 40.1 Å². The summed E-state index contributed by atoms with van der Waals surface area (Å²) in [6, 6.07) is 3.94. The fourth-order valence-corrected chi connectivity index (χ4v) is 6.03. The number of ether oxygens (including phenoxy) is 1. The van der Waals surface area contributed by atoms with E-state index in [1.54, 1.807) is 26.7 Å². The van der Waals surface area contributed by atoms with Crippen LogP contribution >= 0.6 is 27.7 Å². The molecule has 0 spiro atoms. The molecule has 2 N–H and O–H groups in total. The predicted molar refractivity (Wildman–Crippen MR) is 132 cm³/mol. The monoisotopic (exact) mass is 618 g/mol. The third-order valence-corrected chi connectivity index (χ3v) is 7.98. The molecule has 2 aliphatic rings. The van der Waals surface area contributed by atoms with Crippen molar-refractivity contribution in [2.24, 2.45) is 10.3 Å². The number of nitrogens with two attached hydrogens (primary N) is 1. The third kappa shape index (κ3) is 5.65. The number of nitrogens with zero attached hydrogens (tertiary/aromatic N) is 5. The van der Waals surface area contributed by atoms with Gasteiger partial charge in [0.2, 0.25) is 5.84 Å². The number of halogens is 2. The summed E-state index contributed by atoms with van der Waals surface area (Å²) in [4.78, 5) is 30.5. The summed E-state index contributed by atoms with van der Waals surface area (Å²) < 4.78 is 49.3. The van der Waals surface area contributed by atoms with Crippen LogP contribution in [0.2, 0.25) is 0 Å². The lowest BCUT2D eigenvalue weighted by atomic mass is 10.2. The fraction of sp³-hybridized carbons (Fsp3) is 0.400. The second-order valence-electron chi connectivity index (χ2n) is 9.07. The summed E-state index contributed by atoms with van der Waals surface area (Å²) in [7, 11) is -4.46. The van der Waals surface area contributed by atoms with E-state index in [-0.39, 0.29) is 32.7 Å². The number of aromatic nitrogens is 2. The molecule has 17 heteroatoms. The number of rotatable bonds is 7. The minimum Gasteiger partial charge on any atom is -0.443 e. The van der Waals surface area contributed by atoms with Gasteiger partial charge in [-0.3, -0.25) is 0 Å². The van der Waals surface area contributed by atoms with E-state index < -0.39 is 33.3 Å². The van der Waals surface area contributed by atoms with Gasteiger partial charge < -0.3 is 9.57 Å². The van der Waals surface area contributed by atoms with Crippen LogP contribution in [0.1, 0.15) is 39.3 Å². The van der Waals surface area contributed by atoms with Crippen molar-refractivity contribution in [1.82, 2.24) is 14.6 Å². The van der Waals surface area contributed by atoms with Crippen LogP contribution in [-0.4, -0.2) is 57.8 Å². The van der Waals surface area contributed by atoms with Crippen LogP contribution in [0.5, 0.6) is 0 Å². The van der Waals surface area contributed by atoms with Gasteiger partial charge in [-0.15, -0.1) is 0 Å². The molecule has 1 saturated carbocycles. The Kier molecular flexibility index (Phi) is 7.11. The lowest BCUT2D eigenvalue weighted by Crippen LogP contribution is -2.52. The summed E-state index contributed by atoms with van der Waals surface area (Å²) in [5, 5.41) is 17.1. The average Bonchev–Trinajstić information content (AvgIpc) is 3.20. The lowest BCUT2D eigenvalue weighted by molar-refractivity contribution is 0.0334. The summed E-state index contributed by atoms with van der Waals surface area (Å²) in [5.74, 6) is 0.768. The number of hydrogen-bond acceptors (Lipinski definition) is 12. The number of carbonyl (C=O) groups excluding carboxylic acids is 2. The first-order valence-corrected chi connectivity index (χ1v) is 13.8. The number of anilines is 1. The van der Waals surface area contributed by atoms with Crippen LogP contribution in [0.4, 0.5) is 14.9 Å². The molecule has 0 unspecified atom stereocenters. The van der Waals surface area contributed by atoms with Crippen LogP contribution in [0.15, 0.2) is 43.4 Å². The summed E-state index contributed by atoms with van der Waals surface area (Å²) in [5.41, 5.74) is -1.76. The number of carbonyl (C=O) groups is 1. The summed E-state index contributed by atoms with van der Waals surface area (Å²) >= 11 is 4.11. The average molecular weight is 619 g/mol. The van der Waals surface area contributed by atoms with E-state index in [9.17, 15) is 22.4 Å². The molecule has 37 heavy (non-hydrogen) atoms. The topological polar surface area (TPSA) is 171 Å². The molecule has 2 aromatic rings. The van der Waals surface area contributed by atoms with Gasteiger partial charge in [-0.1, -0.05) is 16.9 Å². The maximum atomic E-state index is 13.8. The minimum absolute atomic E-state index is 0.0131. The van der Waals surface area contributed by atoms with Gasteiger partial charge in [0, 0.05) is 5.75 Å². The molecule has 198 valence electrons. The van der Waals surface area contributed by atoms with Crippen molar-refractivity contribution < 1.29 is 36.6 Å². The van der Waals surface area contributed by atoms with Gasteiger partial charge in [-0.25, -0.2) is 28.6 Å². The number of amidine groups is 1. The van der Waals surface area contributed by atoms with Crippen molar-refractivity contribution in [3.63, 3.8) is 0 Å². The quantitative estimate of drug-likeness (QED) is 0.357. The zero-order chi connectivity index (χ0) is 27.2. The largest absolute Gasteiger partial charge is 0.443 e. The lowest BCUT2D eigenvalue weighted by Gasteiger charge is -2.31. The van der Waals surface area contributed by atoms with E-state index in [2.05, 4.69) is 31.4 Å². The normalized spacial score (nSPS) is 16.6. The van der Waals surface area contributed by atoms with Crippen molar-refractivity contribution in [1.29, 1.82) is 0 Å². The number of hydrogen-bond donors (Lipinski definition) is 1. The van der Waals surface area contributed by atoms with E-state index >= 15 is 0 Å². The first-order chi connectivity index (χ1) is 17.3. The molecule has 1 aliphatic carbocycles. The summed E-state index contributed by atoms with van der Waals surface area (Å²) in [6.07, 6.45) is -0.406. The molecule has 4 rings (SSSR count). The molecule has 1 aromatic carbocycles. The smallest absolute Gasteiger partial charge is 0.425 e. The molecular weight excluding hydrogens is 599 g/mol. The van der Waals surface area contributed by atoms with Crippen LogP contribution in [0.25, 0.3) is 0 Å². The Morgan fingerprint density at radius 1 is 1.38 bits per heavy atom. The highest BCUT2D eigenvalue weighted by Crippen LogP contribution is 2.47. The first-order valence-electron chi connectivity index (χ1n) is 10.5. The molecule has 0 saturated heterocycles. The van der Waals surface area contributed by atoms with Gasteiger partial charge in [0.25, 0.3) is 0 Å². The SMILES string of the molecule is CC(C)(C)OC(=O)N(C1(CSc2nonc2C2=NOC(=C=O)N2c2ccc(F)c(Br)c2)CC1)S(N)(=O)=O. The Labute approximate surface area is 223 Å². The van der Waals surface area contributed by atoms with Crippen LogP contribution < -0.4 is 10.0 Å². The van der Waals surface area contributed by atoms with Gasteiger partial charge >= 0.3 is 22.2 Å². The van der Waals surface area contributed by atoms with E-state index in [4.69, 9.17) is 19.3 Å². The Hall–Kier alpha value is -2.98. The van der Waals surface area contributed by atoms with Gasteiger partial charge in [-0.05, 0) is 78.1 Å². The second-order valence-corrected chi connectivity index (χ2v) is 12.3. The Morgan fingerprint density at radius 2 is 2.08 bits per heavy atom. The van der Waals surface area contributed by atoms with Gasteiger partial charge in [0.1, 0.15) is 11.4 Å². The van der Waals surface area contributed by atoms with Crippen LogP contribution in [0.3, 0.4) is 0 Å². The van der Waals surface area contributed by atoms with Gasteiger partial charge in [0.15, 0.2) is 16.7 Å². The van der Waals surface area contributed by atoms with E-state index in [1.165, 1.54) is 23.1 Å². The molecule has 2 heterocycles. The molecule has 0 radical (unpaired) electrons. The maximum absolute atomic E-state index is 13.8.